The van der Waals surface area contributed by atoms with Crippen molar-refractivity contribution in [3.05, 3.63) is 28.3 Å². The maximum atomic E-state index is 11.9. The normalized spacial score (nSPS) is 11.1. The predicted molar refractivity (Wildman–Crippen MR) is 57.1 cm³/mol. The number of hydrogen-bond acceptors (Lipinski definition) is 5. The Bertz CT molecular complexity index is 437. The summed E-state index contributed by atoms with van der Waals surface area (Å²) in [5.41, 5.74) is 2.01. The molecule has 0 aromatic heterocycles. The van der Waals surface area contributed by atoms with Crippen LogP contribution in [-0.2, 0) is 0 Å². The van der Waals surface area contributed by atoms with Crippen molar-refractivity contribution in [2.24, 2.45) is 5.84 Å². The summed E-state index contributed by atoms with van der Waals surface area (Å²) < 4.78 is 40.5. The van der Waals surface area contributed by atoms with Crippen LogP contribution in [0.5, 0.6) is 5.75 Å². The van der Waals surface area contributed by atoms with Gasteiger partial charge in [-0.25, -0.2) is 0 Å². The lowest BCUT2D eigenvalue weighted by Crippen LogP contribution is -2.13. The molecule has 0 radical (unpaired) electrons. The van der Waals surface area contributed by atoms with Gasteiger partial charge in [-0.1, -0.05) is 0 Å². The summed E-state index contributed by atoms with van der Waals surface area (Å²) in [6.45, 7) is -0.616. The van der Waals surface area contributed by atoms with E-state index >= 15 is 0 Å². The van der Waals surface area contributed by atoms with E-state index in [9.17, 15) is 23.3 Å². The Kier molecular flexibility index (Phi) is 4.32. The summed E-state index contributed by atoms with van der Waals surface area (Å²) in [6.07, 6.45) is -5.48. The molecular weight excluding hydrogens is 255 g/mol. The molecule has 0 unspecified atom stereocenters. The average molecular weight is 265 g/mol. The summed E-state index contributed by atoms with van der Waals surface area (Å²) in [4.78, 5) is 9.86. The lowest BCUT2D eigenvalue weighted by molar-refractivity contribution is -0.384. The number of benzene rings is 1. The topological polar surface area (TPSA) is 90.4 Å². The Morgan fingerprint density at radius 1 is 1.39 bits per heavy atom. The van der Waals surface area contributed by atoms with Crippen molar-refractivity contribution < 1.29 is 22.8 Å². The van der Waals surface area contributed by atoms with E-state index in [-0.39, 0.29) is 17.1 Å². The number of rotatable bonds is 5. The molecule has 0 amide bonds. The van der Waals surface area contributed by atoms with E-state index in [1.54, 1.807) is 0 Å². The Hall–Kier alpha value is -2.03. The number of nitrogens with one attached hydrogen (secondary N) is 1. The minimum absolute atomic E-state index is 0.0543. The van der Waals surface area contributed by atoms with Crippen LogP contribution in [0, 0.1) is 10.1 Å². The Labute approximate surface area is 99.6 Å². The van der Waals surface area contributed by atoms with Crippen LogP contribution in [0.1, 0.15) is 6.42 Å². The van der Waals surface area contributed by atoms with E-state index in [2.05, 4.69) is 5.43 Å². The van der Waals surface area contributed by atoms with Crippen molar-refractivity contribution in [1.29, 1.82) is 0 Å². The number of hydrazine groups is 1. The van der Waals surface area contributed by atoms with Crippen molar-refractivity contribution in [2.45, 2.75) is 12.6 Å². The van der Waals surface area contributed by atoms with E-state index in [1.165, 1.54) is 6.07 Å². The van der Waals surface area contributed by atoms with Crippen molar-refractivity contribution in [2.75, 3.05) is 12.0 Å². The molecule has 100 valence electrons. The second-order valence-electron chi connectivity index (χ2n) is 3.33. The molecule has 0 aliphatic rings. The molecule has 3 N–H and O–H groups in total. The number of alkyl halides is 3. The molecule has 0 saturated carbocycles. The van der Waals surface area contributed by atoms with Gasteiger partial charge in [-0.2, -0.15) is 13.2 Å². The summed E-state index contributed by atoms with van der Waals surface area (Å²) >= 11 is 0. The van der Waals surface area contributed by atoms with Gasteiger partial charge in [0.15, 0.2) is 0 Å². The summed E-state index contributed by atoms with van der Waals surface area (Å²) in [5.74, 6) is 5.02. The van der Waals surface area contributed by atoms with Crippen LogP contribution in [-0.4, -0.2) is 17.7 Å². The lowest BCUT2D eigenvalue weighted by atomic mass is 10.2. The zero-order valence-corrected chi connectivity index (χ0v) is 9.03. The van der Waals surface area contributed by atoms with Gasteiger partial charge in [-0.3, -0.25) is 16.0 Å². The Morgan fingerprint density at radius 2 is 2.06 bits per heavy atom. The zero-order valence-electron chi connectivity index (χ0n) is 9.03. The molecule has 1 rings (SSSR count). The summed E-state index contributed by atoms with van der Waals surface area (Å²) in [5, 5.41) is 10.6. The molecule has 0 spiro atoms. The second-order valence-corrected chi connectivity index (χ2v) is 3.33. The smallest absolute Gasteiger partial charge is 0.392 e. The Balaban J connectivity index is 2.76. The van der Waals surface area contributed by atoms with Crippen LogP contribution < -0.4 is 16.0 Å². The molecule has 0 fully saturated rings. The highest BCUT2D eigenvalue weighted by atomic mass is 19.4. The molecule has 6 nitrogen and oxygen atoms in total. The highest BCUT2D eigenvalue weighted by molar-refractivity contribution is 5.55. The largest absolute Gasteiger partial charge is 0.493 e. The number of nitrogens with zero attached hydrogens (tertiary/aromatic N) is 1. The minimum Gasteiger partial charge on any atom is -0.493 e. The quantitative estimate of drug-likeness (QED) is 0.484. The molecule has 18 heavy (non-hydrogen) atoms. The van der Waals surface area contributed by atoms with Crippen LogP contribution in [0.2, 0.25) is 0 Å². The number of halogens is 3. The third-order valence-electron chi connectivity index (χ3n) is 1.92. The van der Waals surface area contributed by atoms with Crippen molar-refractivity contribution in [3.63, 3.8) is 0 Å². The number of ether oxygens (including phenoxy) is 1. The third kappa shape index (κ3) is 4.45. The molecule has 0 atom stereocenters. The fourth-order valence-electron chi connectivity index (χ4n) is 1.14. The van der Waals surface area contributed by atoms with Gasteiger partial charge < -0.3 is 10.2 Å². The molecule has 1 aromatic rings. The van der Waals surface area contributed by atoms with Gasteiger partial charge in [0, 0.05) is 12.1 Å². The van der Waals surface area contributed by atoms with E-state index in [4.69, 9.17) is 10.6 Å². The first kappa shape index (κ1) is 14.0. The lowest BCUT2D eigenvalue weighted by Gasteiger charge is -2.09. The number of hydrogen-bond donors (Lipinski definition) is 2. The predicted octanol–water partition coefficient (Wildman–Crippen LogP) is 2.21. The number of nitro benzene ring substituents is 1. The molecule has 9 heteroatoms. The monoisotopic (exact) mass is 265 g/mol. The van der Waals surface area contributed by atoms with Crippen LogP contribution in [0.4, 0.5) is 24.5 Å². The first-order valence-corrected chi connectivity index (χ1v) is 4.77. The first-order valence-electron chi connectivity index (χ1n) is 4.77. The zero-order chi connectivity index (χ0) is 13.8. The van der Waals surface area contributed by atoms with Gasteiger partial charge in [0.2, 0.25) is 0 Å². The van der Waals surface area contributed by atoms with Gasteiger partial charge in [0.1, 0.15) is 5.75 Å². The summed E-state index contributed by atoms with van der Waals surface area (Å²) in [7, 11) is 0. The van der Waals surface area contributed by atoms with E-state index in [1.807, 2.05) is 0 Å². The molecule has 1 aromatic carbocycles. The first-order chi connectivity index (χ1) is 8.31. The van der Waals surface area contributed by atoms with E-state index in [0.717, 1.165) is 12.1 Å². The number of anilines is 1. The number of non-ortho nitro benzene ring substituents is 1. The van der Waals surface area contributed by atoms with Crippen LogP contribution in [0.3, 0.4) is 0 Å². The average Bonchev–Trinajstić information content (AvgIpc) is 2.26. The molecule has 0 bridgehead atoms. The van der Waals surface area contributed by atoms with Gasteiger partial charge in [-0.15, -0.1) is 0 Å². The molecule has 0 heterocycles. The molecule has 0 saturated heterocycles. The maximum Gasteiger partial charge on any atom is 0.392 e. The molecular formula is C9H10F3N3O3. The Morgan fingerprint density at radius 3 is 2.56 bits per heavy atom. The fourth-order valence-corrected chi connectivity index (χ4v) is 1.14. The minimum atomic E-state index is -4.34. The van der Waals surface area contributed by atoms with Gasteiger partial charge in [-0.05, 0) is 0 Å². The highest BCUT2D eigenvalue weighted by Crippen LogP contribution is 2.26. The van der Waals surface area contributed by atoms with Gasteiger partial charge in [0.05, 0.1) is 29.7 Å². The standard InChI is InChI=1S/C9H10F3N3O3/c10-9(11,12)1-2-18-8-4-6(14-13)3-7(5-8)15(16)17/h3-5,14H,1-2,13H2. The van der Waals surface area contributed by atoms with Gasteiger partial charge in [0.25, 0.3) is 5.69 Å². The number of nitro groups is 1. The van der Waals surface area contributed by atoms with Crippen molar-refractivity contribution in [3.8, 4) is 5.75 Å². The van der Waals surface area contributed by atoms with Gasteiger partial charge >= 0.3 is 6.18 Å². The SMILES string of the molecule is NNc1cc(OCCC(F)(F)F)cc([N+](=O)[O-])c1. The number of nitrogens with two attached hydrogens (primary N) is 1. The second kappa shape index (κ2) is 5.54. The fraction of sp³-hybridized carbons (Fsp3) is 0.333. The molecule has 0 aliphatic carbocycles. The molecule has 0 aliphatic heterocycles. The third-order valence-corrected chi connectivity index (χ3v) is 1.92. The van der Waals surface area contributed by atoms with E-state index < -0.39 is 24.1 Å². The van der Waals surface area contributed by atoms with Crippen LogP contribution >= 0.6 is 0 Å². The van der Waals surface area contributed by atoms with Crippen LogP contribution in [0.25, 0.3) is 0 Å². The highest BCUT2D eigenvalue weighted by Gasteiger charge is 2.27. The van der Waals surface area contributed by atoms with Crippen molar-refractivity contribution >= 4 is 11.4 Å². The van der Waals surface area contributed by atoms with Crippen molar-refractivity contribution in [1.82, 2.24) is 0 Å². The maximum absolute atomic E-state index is 11.9. The number of nitrogen functional groups attached to an aromatic ring is 1. The van der Waals surface area contributed by atoms with Crippen LogP contribution in [0.15, 0.2) is 18.2 Å². The van der Waals surface area contributed by atoms with E-state index in [0.29, 0.717) is 0 Å². The summed E-state index contributed by atoms with van der Waals surface area (Å²) in [6, 6.07) is 3.43.